The van der Waals surface area contributed by atoms with Gasteiger partial charge in [-0.3, -0.25) is 0 Å². The minimum atomic E-state index is 0.0461. The van der Waals surface area contributed by atoms with E-state index in [0.717, 1.165) is 24.4 Å². The lowest BCUT2D eigenvalue weighted by Gasteiger charge is -2.30. The number of hydrogen-bond acceptors (Lipinski definition) is 3. The van der Waals surface area contributed by atoms with Gasteiger partial charge in [0, 0.05) is 18.7 Å². The van der Waals surface area contributed by atoms with Gasteiger partial charge in [0.15, 0.2) is 0 Å². The average molecular weight is 257 g/mol. The van der Waals surface area contributed by atoms with Crippen molar-refractivity contribution in [3.8, 4) is 5.75 Å². The maximum Gasteiger partial charge on any atom is 0.125 e. The molecule has 0 amide bonds. The molecular formula is C16H19NO2. The number of methoxy groups -OCH3 is 1. The number of ether oxygens (including phenoxy) is 2. The summed E-state index contributed by atoms with van der Waals surface area (Å²) in [4.78, 5) is 0. The van der Waals surface area contributed by atoms with Gasteiger partial charge in [0.05, 0.1) is 19.3 Å². The van der Waals surface area contributed by atoms with E-state index in [4.69, 9.17) is 9.47 Å². The van der Waals surface area contributed by atoms with Crippen LogP contribution in [0, 0.1) is 0 Å². The molecule has 2 aromatic rings. The Balaban J connectivity index is 2.13. The van der Waals surface area contributed by atoms with Gasteiger partial charge in [-0.25, -0.2) is 0 Å². The summed E-state index contributed by atoms with van der Waals surface area (Å²) in [6.45, 7) is 3.83. The Labute approximate surface area is 113 Å². The van der Waals surface area contributed by atoms with Crippen molar-refractivity contribution in [1.82, 2.24) is 5.32 Å². The predicted molar refractivity (Wildman–Crippen MR) is 76.7 cm³/mol. The van der Waals surface area contributed by atoms with E-state index in [9.17, 15) is 0 Å². The Kier molecular flexibility index (Phi) is 3.40. The third-order valence-corrected chi connectivity index (χ3v) is 3.63. The number of benzene rings is 2. The van der Waals surface area contributed by atoms with Crippen molar-refractivity contribution in [2.75, 3.05) is 20.2 Å². The van der Waals surface area contributed by atoms with Crippen LogP contribution in [0.1, 0.15) is 18.6 Å². The fraction of sp³-hybridized carbons (Fsp3) is 0.375. The van der Waals surface area contributed by atoms with Crippen LogP contribution in [0.3, 0.4) is 0 Å². The van der Waals surface area contributed by atoms with Gasteiger partial charge in [-0.1, -0.05) is 30.3 Å². The molecule has 3 nitrogen and oxygen atoms in total. The molecule has 0 saturated carbocycles. The number of hydrogen-bond donors (Lipinski definition) is 1. The molecule has 3 rings (SSSR count). The van der Waals surface area contributed by atoms with Crippen LogP contribution in [-0.2, 0) is 4.74 Å². The molecule has 19 heavy (non-hydrogen) atoms. The molecule has 0 aromatic heterocycles. The van der Waals surface area contributed by atoms with Gasteiger partial charge in [0.25, 0.3) is 0 Å². The van der Waals surface area contributed by atoms with Crippen molar-refractivity contribution in [1.29, 1.82) is 0 Å². The van der Waals surface area contributed by atoms with Gasteiger partial charge in [-0.2, -0.15) is 0 Å². The van der Waals surface area contributed by atoms with E-state index >= 15 is 0 Å². The van der Waals surface area contributed by atoms with Crippen molar-refractivity contribution in [3.63, 3.8) is 0 Å². The van der Waals surface area contributed by atoms with Crippen molar-refractivity contribution in [2.45, 2.75) is 19.1 Å². The van der Waals surface area contributed by atoms with E-state index < -0.39 is 0 Å². The molecule has 1 aliphatic rings. The molecule has 0 radical (unpaired) electrons. The molecule has 3 heteroatoms. The monoisotopic (exact) mass is 257 g/mol. The second-order valence-corrected chi connectivity index (χ2v) is 5.00. The summed E-state index contributed by atoms with van der Waals surface area (Å²) in [5, 5.41) is 5.85. The topological polar surface area (TPSA) is 30.5 Å². The van der Waals surface area contributed by atoms with Crippen LogP contribution >= 0.6 is 0 Å². The highest BCUT2D eigenvalue weighted by molar-refractivity contribution is 5.88. The molecule has 2 atom stereocenters. The predicted octanol–water partition coefficient (Wildman–Crippen LogP) is 2.90. The van der Waals surface area contributed by atoms with Crippen LogP contribution in [0.25, 0.3) is 10.8 Å². The summed E-state index contributed by atoms with van der Waals surface area (Å²) in [7, 11) is 1.72. The molecular weight excluding hydrogens is 238 g/mol. The van der Waals surface area contributed by atoms with E-state index in [1.54, 1.807) is 7.11 Å². The van der Waals surface area contributed by atoms with Gasteiger partial charge in [-0.05, 0) is 23.8 Å². The molecule has 1 N–H and O–H groups in total. The highest BCUT2D eigenvalue weighted by Crippen LogP contribution is 2.35. The van der Waals surface area contributed by atoms with Crippen molar-refractivity contribution >= 4 is 10.8 Å². The smallest absolute Gasteiger partial charge is 0.125 e. The minimum absolute atomic E-state index is 0.0461. The van der Waals surface area contributed by atoms with Gasteiger partial charge >= 0.3 is 0 Å². The standard InChI is InChI=1S/C16H19NO2/c1-11-9-17-10-15(19-11)16-13-6-4-3-5-12(13)7-8-14(16)18-2/h3-8,11,15,17H,9-10H2,1-2H3. The molecule has 0 bridgehead atoms. The Morgan fingerprint density at radius 3 is 2.79 bits per heavy atom. The highest BCUT2D eigenvalue weighted by Gasteiger charge is 2.25. The van der Waals surface area contributed by atoms with Crippen LogP contribution in [0.15, 0.2) is 36.4 Å². The van der Waals surface area contributed by atoms with E-state index in [2.05, 4.69) is 42.6 Å². The van der Waals surface area contributed by atoms with Crippen LogP contribution in [0.2, 0.25) is 0 Å². The number of fused-ring (bicyclic) bond motifs is 1. The van der Waals surface area contributed by atoms with E-state index in [0.29, 0.717) is 0 Å². The molecule has 1 saturated heterocycles. The SMILES string of the molecule is COc1ccc2ccccc2c1C1CNCC(C)O1. The lowest BCUT2D eigenvalue weighted by Crippen LogP contribution is -2.39. The summed E-state index contributed by atoms with van der Waals surface area (Å²) < 4.78 is 11.6. The van der Waals surface area contributed by atoms with Crippen molar-refractivity contribution in [2.24, 2.45) is 0 Å². The maximum absolute atomic E-state index is 6.08. The molecule has 2 aromatic carbocycles. The molecule has 1 fully saturated rings. The lowest BCUT2D eigenvalue weighted by atomic mass is 9.98. The molecule has 1 aliphatic heterocycles. The molecule has 2 unspecified atom stereocenters. The molecule has 0 spiro atoms. The molecule has 100 valence electrons. The van der Waals surface area contributed by atoms with Gasteiger partial charge in [-0.15, -0.1) is 0 Å². The third-order valence-electron chi connectivity index (χ3n) is 3.63. The fourth-order valence-electron chi connectivity index (χ4n) is 2.75. The Hall–Kier alpha value is -1.58. The Morgan fingerprint density at radius 1 is 1.16 bits per heavy atom. The number of rotatable bonds is 2. The third kappa shape index (κ3) is 2.31. The maximum atomic E-state index is 6.08. The lowest BCUT2D eigenvalue weighted by molar-refractivity contribution is -0.0289. The van der Waals surface area contributed by atoms with Gasteiger partial charge in [0.1, 0.15) is 5.75 Å². The second-order valence-electron chi connectivity index (χ2n) is 5.00. The number of nitrogens with one attached hydrogen (secondary N) is 1. The van der Waals surface area contributed by atoms with Crippen LogP contribution in [-0.4, -0.2) is 26.3 Å². The first-order chi connectivity index (χ1) is 9.29. The summed E-state index contributed by atoms with van der Waals surface area (Å²) in [6, 6.07) is 12.5. The zero-order valence-electron chi connectivity index (χ0n) is 11.3. The normalized spacial score (nSPS) is 23.5. The Bertz CT molecular complexity index is 582. The second kappa shape index (κ2) is 5.19. The minimum Gasteiger partial charge on any atom is -0.496 e. The quantitative estimate of drug-likeness (QED) is 0.897. The first-order valence-corrected chi connectivity index (χ1v) is 6.71. The van der Waals surface area contributed by atoms with Crippen LogP contribution in [0.5, 0.6) is 5.75 Å². The summed E-state index contributed by atoms with van der Waals surface area (Å²) >= 11 is 0. The Morgan fingerprint density at radius 2 is 2.00 bits per heavy atom. The summed E-state index contributed by atoms with van der Waals surface area (Å²) in [5.74, 6) is 0.902. The van der Waals surface area contributed by atoms with E-state index in [-0.39, 0.29) is 12.2 Å². The van der Waals surface area contributed by atoms with Crippen molar-refractivity contribution < 1.29 is 9.47 Å². The number of morpholine rings is 1. The van der Waals surface area contributed by atoms with Gasteiger partial charge in [0.2, 0.25) is 0 Å². The molecule has 1 heterocycles. The summed E-state index contributed by atoms with van der Waals surface area (Å²) in [6.07, 6.45) is 0.271. The van der Waals surface area contributed by atoms with E-state index in [1.165, 1.54) is 10.8 Å². The van der Waals surface area contributed by atoms with E-state index in [1.807, 2.05) is 6.07 Å². The molecule has 0 aliphatic carbocycles. The zero-order chi connectivity index (χ0) is 13.2. The van der Waals surface area contributed by atoms with Gasteiger partial charge < -0.3 is 14.8 Å². The fourth-order valence-corrected chi connectivity index (χ4v) is 2.75. The highest BCUT2D eigenvalue weighted by atomic mass is 16.5. The largest absolute Gasteiger partial charge is 0.496 e. The van der Waals surface area contributed by atoms with Crippen LogP contribution < -0.4 is 10.1 Å². The summed E-state index contributed by atoms with van der Waals surface area (Å²) in [5.41, 5.74) is 1.15. The zero-order valence-corrected chi connectivity index (χ0v) is 11.3. The first-order valence-electron chi connectivity index (χ1n) is 6.71. The van der Waals surface area contributed by atoms with Crippen molar-refractivity contribution in [3.05, 3.63) is 42.0 Å². The average Bonchev–Trinajstić information content (AvgIpc) is 2.46. The van der Waals surface area contributed by atoms with Crippen LogP contribution in [0.4, 0.5) is 0 Å². The first kappa shape index (κ1) is 12.5.